The van der Waals surface area contributed by atoms with E-state index in [2.05, 4.69) is 20.3 Å². The van der Waals surface area contributed by atoms with E-state index >= 15 is 0 Å². The lowest BCUT2D eigenvalue weighted by atomic mass is 10.2. The van der Waals surface area contributed by atoms with Gasteiger partial charge in [0, 0.05) is 11.1 Å². The molecule has 6 nitrogen and oxygen atoms in total. The van der Waals surface area contributed by atoms with Crippen LogP contribution in [0.25, 0.3) is 10.6 Å². The van der Waals surface area contributed by atoms with E-state index in [1.54, 1.807) is 0 Å². The molecule has 1 aromatic heterocycles. The van der Waals surface area contributed by atoms with Gasteiger partial charge in [0.25, 0.3) is 5.91 Å². The molecule has 0 bridgehead atoms. The lowest BCUT2D eigenvalue weighted by Crippen LogP contribution is -2.18. The minimum absolute atomic E-state index is 0.0634. The third kappa shape index (κ3) is 4.28. The SMILES string of the molecule is Nc1cc(C(=O)Nc2nnc(-c3ccccc3)s2)ccc1OC(F)(F)F. The van der Waals surface area contributed by atoms with Crippen LogP contribution in [0.3, 0.4) is 0 Å². The van der Waals surface area contributed by atoms with Crippen LogP contribution in [0.15, 0.2) is 48.5 Å². The number of aromatic nitrogens is 2. The monoisotopic (exact) mass is 380 g/mol. The maximum Gasteiger partial charge on any atom is 0.573 e. The number of ether oxygens (including phenoxy) is 1. The Morgan fingerprint density at radius 1 is 1.12 bits per heavy atom. The number of amides is 1. The zero-order valence-electron chi connectivity index (χ0n) is 12.9. The summed E-state index contributed by atoms with van der Waals surface area (Å²) >= 11 is 1.17. The van der Waals surface area contributed by atoms with E-state index in [0.717, 1.165) is 17.7 Å². The molecule has 0 unspecified atom stereocenters. The van der Waals surface area contributed by atoms with Crippen molar-refractivity contribution in [1.29, 1.82) is 0 Å². The number of benzene rings is 2. The fourth-order valence-electron chi connectivity index (χ4n) is 2.05. The van der Waals surface area contributed by atoms with Crippen molar-refractivity contribution in [2.75, 3.05) is 11.1 Å². The van der Waals surface area contributed by atoms with Gasteiger partial charge in [-0.05, 0) is 18.2 Å². The van der Waals surface area contributed by atoms with Crippen LogP contribution in [0.1, 0.15) is 10.4 Å². The van der Waals surface area contributed by atoms with Gasteiger partial charge in [-0.15, -0.1) is 23.4 Å². The summed E-state index contributed by atoms with van der Waals surface area (Å²) in [5.41, 5.74) is 6.12. The van der Waals surface area contributed by atoms with Gasteiger partial charge in [0.1, 0.15) is 5.01 Å². The Morgan fingerprint density at radius 2 is 1.85 bits per heavy atom. The van der Waals surface area contributed by atoms with Gasteiger partial charge in [-0.25, -0.2) is 0 Å². The lowest BCUT2D eigenvalue weighted by molar-refractivity contribution is -0.274. The van der Waals surface area contributed by atoms with E-state index in [9.17, 15) is 18.0 Å². The van der Waals surface area contributed by atoms with Crippen molar-refractivity contribution in [2.24, 2.45) is 0 Å². The third-order valence-electron chi connectivity index (χ3n) is 3.16. The Labute approximate surface area is 149 Å². The largest absolute Gasteiger partial charge is 0.573 e. The molecular weight excluding hydrogens is 369 g/mol. The maximum atomic E-state index is 12.2. The van der Waals surface area contributed by atoms with E-state index in [4.69, 9.17) is 5.73 Å². The number of nitrogens with zero attached hydrogens (tertiary/aromatic N) is 2. The molecule has 26 heavy (non-hydrogen) atoms. The van der Waals surface area contributed by atoms with Gasteiger partial charge in [0.05, 0.1) is 5.69 Å². The fourth-order valence-corrected chi connectivity index (χ4v) is 2.79. The number of carbonyl (C=O) groups excluding carboxylic acids is 1. The standard InChI is InChI=1S/C16H11F3N4O2S/c17-16(18,19)25-12-7-6-10(8-11(12)20)13(24)21-15-23-22-14(26-15)9-4-2-1-3-5-9/h1-8H,20H2,(H,21,23,24). The highest BCUT2D eigenvalue weighted by Gasteiger charge is 2.32. The summed E-state index contributed by atoms with van der Waals surface area (Å²) in [5, 5.41) is 11.3. The minimum Gasteiger partial charge on any atom is -0.404 e. The average molecular weight is 380 g/mol. The minimum atomic E-state index is -4.86. The van der Waals surface area contributed by atoms with E-state index < -0.39 is 18.0 Å². The molecule has 134 valence electrons. The van der Waals surface area contributed by atoms with Gasteiger partial charge in [0.2, 0.25) is 5.13 Å². The first-order chi connectivity index (χ1) is 12.3. The summed E-state index contributed by atoms with van der Waals surface area (Å²) in [6.45, 7) is 0. The van der Waals surface area contributed by atoms with Gasteiger partial charge < -0.3 is 10.5 Å². The first-order valence-corrected chi connectivity index (χ1v) is 7.99. The highest BCUT2D eigenvalue weighted by Crippen LogP contribution is 2.30. The number of halogens is 3. The summed E-state index contributed by atoms with van der Waals surface area (Å²) in [7, 11) is 0. The number of rotatable bonds is 4. The number of nitrogens with two attached hydrogens (primary N) is 1. The van der Waals surface area contributed by atoms with Gasteiger partial charge in [-0.2, -0.15) is 0 Å². The molecule has 3 N–H and O–H groups in total. The molecule has 0 atom stereocenters. The van der Waals surface area contributed by atoms with Crippen LogP contribution < -0.4 is 15.8 Å². The van der Waals surface area contributed by atoms with Crippen LogP contribution in [0.5, 0.6) is 5.75 Å². The molecule has 0 radical (unpaired) electrons. The molecule has 0 aliphatic heterocycles. The van der Waals surface area contributed by atoms with Crippen molar-refractivity contribution in [1.82, 2.24) is 10.2 Å². The predicted octanol–water partition coefficient (Wildman–Crippen LogP) is 3.94. The Bertz CT molecular complexity index is 929. The maximum absolute atomic E-state index is 12.2. The first-order valence-electron chi connectivity index (χ1n) is 7.17. The fraction of sp³-hybridized carbons (Fsp3) is 0.0625. The number of alkyl halides is 3. The molecule has 0 aliphatic rings. The second kappa shape index (κ2) is 7.00. The topological polar surface area (TPSA) is 90.1 Å². The summed E-state index contributed by atoms with van der Waals surface area (Å²) in [6.07, 6.45) is -4.86. The van der Waals surface area contributed by atoms with Gasteiger partial charge in [0.15, 0.2) is 5.75 Å². The zero-order valence-corrected chi connectivity index (χ0v) is 13.8. The molecule has 2 aromatic carbocycles. The Hall–Kier alpha value is -3.14. The molecule has 10 heteroatoms. The summed E-state index contributed by atoms with van der Waals surface area (Å²) in [5.74, 6) is -1.15. The van der Waals surface area contributed by atoms with Crippen molar-refractivity contribution >= 4 is 28.1 Å². The number of anilines is 2. The van der Waals surface area contributed by atoms with Crippen LogP contribution in [0.2, 0.25) is 0 Å². The Kier molecular flexibility index (Phi) is 4.76. The van der Waals surface area contributed by atoms with Crippen LogP contribution >= 0.6 is 11.3 Å². The molecule has 0 saturated heterocycles. The highest BCUT2D eigenvalue weighted by atomic mass is 32.1. The van der Waals surface area contributed by atoms with Gasteiger partial charge >= 0.3 is 6.36 Å². The van der Waals surface area contributed by atoms with Crippen molar-refractivity contribution < 1.29 is 22.7 Å². The Balaban J connectivity index is 1.72. The second-order valence-electron chi connectivity index (χ2n) is 5.03. The Morgan fingerprint density at radius 3 is 2.50 bits per heavy atom. The summed E-state index contributed by atoms with van der Waals surface area (Å²) in [6, 6.07) is 12.5. The number of hydrogen-bond acceptors (Lipinski definition) is 6. The van der Waals surface area contributed by atoms with E-state index in [-0.39, 0.29) is 16.4 Å². The zero-order chi connectivity index (χ0) is 18.7. The van der Waals surface area contributed by atoms with Crippen molar-refractivity contribution in [2.45, 2.75) is 6.36 Å². The lowest BCUT2D eigenvalue weighted by Gasteiger charge is -2.11. The molecule has 0 aliphatic carbocycles. The summed E-state index contributed by atoms with van der Waals surface area (Å²) in [4.78, 5) is 12.2. The van der Waals surface area contributed by atoms with Crippen LogP contribution in [0.4, 0.5) is 24.0 Å². The molecule has 1 heterocycles. The molecular formula is C16H11F3N4O2S. The summed E-state index contributed by atoms with van der Waals surface area (Å²) < 4.78 is 40.5. The number of nitrogen functional groups attached to an aromatic ring is 1. The molecule has 0 saturated carbocycles. The average Bonchev–Trinajstić information content (AvgIpc) is 3.05. The van der Waals surface area contributed by atoms with Gasteiger partial charge in [-0.3, -0.25) is 10.1 Å². The highest BCUT2D eigenvalue weighted by molar-refractivity contribution is 7.18. The van der Waals surface area contributed by atoms with E-state index in [0.29, 0.717) is 5.01 Å². The molecule has 0 spiro atoms. The van der Waals surface area contributed by atoms with E-state index in [1.165, 1.54) is 17.4 Å². The number of carbonyl (C=O) groups is 1. The third-order valence-corrected chi connectivity index (χ3v) is 4.05. The molecule has 3 rings (SSSR count). The number of hydrogen-bond donors (Lipinski definition) is 2. The van der Waals surface area contributed by atoms with Crippen LogP contribution in [-0.4, -0.2) is 22.5 Å². The normalized spacial score (nSPS) is 11.2. The van der Waals surface area contributed by atoms with Gasteiger partial charge in [-0.1, -0.05) is 41.7 Å². The van der Waals surface area contributed by atoms with Crippen molar-refractivity contribution in [3.05, 3.63) is 54.1 Å². The number of nitrogens with one attached hydrogen (secondary N) is 1. The van der Waals surface area contributed by atoms with Crippen LogP contribution in [-0.2, 0) is 0 Å². The predicted molar refractivity (Wildman–Crippen MR) is 90.8 cm³/mol. The first kappa shape index (κ1) is 17.7. The smallest absolute Gasteiger partial charge is 0.404 e. The van der Waals surface area contributed by atoms with E-state index in [1.807, 2.05) is 30.3 Å². The van der Waals surface area contributed by atoms with Crippen molar-refractivity contribution in [3.63, 3.8) is 0 Å². The molecule has 3 aromatic rings. The van der Waals surface area contributed by atoms with Crippen molar-refractivity contribution in [3.8, 4) is 16.3 Å². The second-order valence-corrected chi connectivity index (χ2v) is 6.01. The molecule has 1 amide bonds. The quantitative estimate of drug-likeness (QED) is 0.669. The van der Waals surface area contributed by atoms with Crippen LogP contribution in [0, 0.1) is 0 Å². The molecule has 0 fully saturated rings.